The number of aliphatic imine (C=N–C) groups is 1. The summed E-state index contributed by atoms with van der Waals surface area (Å²) in [5.74, 6) is -1.01. The van der Waals surface area contributed by atoms with Crippen LogP contribution in [-0.2, 0) is 27.2 Å². The number of carbonyl (C=O) groups excluding carboxylic acids is 3. The largest absolute Gasteiger partial charge is 0.508 e. The molecule has 0 bridgehead atoms. The van der Waals surface area contributed by atoms with E-state index in [9.17, 15) is 19.5 Å². The molecule has 3 amide bonds. The van der Waals surface area contributed by atoms with Gasteiger partial charge in [0.25, 0.3) is 0 Å². The normalized spacial score (nSPS) is 13.1. The highest BCUT2D eigenvalue weighted by atomic mass is 16.3. The summed E-state index contributed by atoms with van der Waals surface area (Å²) in [6.45, 7) is 0.793. The lowest BCUT2D eigenvalue weighted by Crippen LogP contribution is -2.53. The number of rotatable bonds is 17. The summed E-state index contributed by atoms with van der Waals surface area (Å²) in [6.07, 6.45) is 1.85. The molecule has 212 valence electrons. The van der Waals surface area contributed by atoms with Gasteiger partial charge in [0.1, 0.15) is 5.75 Å². The monoisotopic (exact) mass is 540 g/mol. The second-order valence-corrected chi connectivity index (χ2v) is 9.29. The van der Waals surface area contributed by atoms with Crippen molar-refractivity contribution >= 4 is 23.7 Å². The van der Waals surface area contributed by atoms with Crippen molar-refractivity contribution < 1.29 is 19.5 Å². The molecule has 39 heavy (non-hydrogen) atoms. The number of phenols is 1. The Kier molecular flexibility index (Phi) is 13.2. The van der Waals surface area contributed by atoms with Crippen molar-refractivity contribution in [2.75, 3.05) is 19.6 Å². The van der Waals surface area contributed by atoms with Crippen molar-refractivity contribution in [2.24, 2.45) is 27.9 Å². The van der Waals surface area contributed by atoms with Gasteiger partial charge in [-0.25, -0.2) is 0 Å². The van der Waals surface area contributed by atoms with E-state index in [0.717, 1.165) is 11.1 Å². The maximum absolute atomic E-state index is 12.9. The Morgan fingerprint density at radius 3 is 2.21 bits per heavy atom. The zero-order chi connectivity index (χ0) is 28.6. The minimum atomic E-state index is -0.813. The third-order valence-corrected chi connectivity index (χ3v) is 5.96. The third kappa shape index (κ3) is 12.8. The van der Waals surface area contributed by atoms with Gasteiger partial charge in [0.2, 0.25) is 17.7 Å². The van der Waals surface area contributed by atoms with Crippen molar-refractivity contribution in [3.8, 4) is 5.75 Å². The topological polar surface area (TPSA) is 224 Å². The number of aromatic hydroxyl groups is 1. The van der Waals surface area contributed by atoms with Crippen LogP contribution in [0.5, 0.6) is 5.75 Å². The van der Waals surface area contributed by atoms with Crippen molar-refractivity contribution in [1.82, 2.24) is 16.0 Å². The summed E-state index contributed by atoms with van der Waals surface area (Å²) in [7, 11) is 0. The fourth-order valence-electron chi connectivity index (χ4n) is 3.88. The van der Waals surface area contributed by atoms with Gasteiger partial charge in [-0.1, -0.05) is 42.5 Å². The van der Waals surface area contributed by atoms with Gasteiger partial charge in [-0.2, -0.15) is 0 Å². The van der Waals surface area contributed by atoms with Crippen molar-refractivity contribution in [3.05, 3.63) is 65.7 Å². The van der Waals surface area contributed by atoms with Crippen molar-refractivity contribution in [1.29, 1.82) is 0 Å². The van der Waals surface area contributed by atoms with Gasteiger partial charge in [-0.3, -0.25) is 19.4 Å². The van der Waals surface area contributed by atoms with E-state index in [2.05, 4.69) is 20.9 Å². The lowest BCUT2D eigenvalue weighted by atomic mass is 10.0. The van der Waals surface area contributed by atoms with Gasteiger partial charge in [0, 0.05) is 32.1 Å². The Morgan fingerprint density at radius 2 is 1.56 bits per heavy atom. The molecule has 12 N–H and O–H groups in total. The molecule has 0 aliphatic rings. The predicted molar refractivity (Wildman–Crippen MR) is 150 cm³/mol. The van der Waals surface area contributed by atoms with Gasteiger partial charge in [0.15, 0.2) is 5.96 Å². The Labute approximate surface area is 228 Å². The second kappa shape index (κ2) is 16.6. The average Bonchev–Trinajstić information content (AvgIpc) is 2.90. The zero-order valence-corrected chi connectivity index (χ0v) is 22.0. The lowest BCUT2D eigenvalue weighted by Gasteiger charge is -2.25. The highest BCUT2D eigenvalue weighted by molar-refractivity contribution is 5.83. The van der Waals surface area contributed by atoms with Crippen LogP contribution >= 0.6 is 0 Å². The van der Waals surface area contributed by atoms with E-state index in [4.69, 9.17) is 22.9 Å². The number of carbonyl (C=O) groups is 3. The van der Waals surface area contributed by atoms with Crippen molar-refractivity contribution in [2.45, 2.75) is 50.2 Å². The van der Waals surface area contributed by atoms with Crippen LogP contribution in [0.25, 0.3) is 0 Å². The van der Waals surface area contributed by atoms with Crippen LogP contribution in [0.15, 0.2) is 59.6 Å². The van der Waals surface area contributed by atoms with Gasteiger partial charge in [-0.15, -0.1) is 0 Å². The molecule has 2 rings (SSSR count). The van der Waals surface area contributed by atoms with Crippen LogP contribution in [0.4, 0.5) is 0 Å². The minimum Gasteiger partial charge on any atom is -0.508 e. The van der Waals surface area contributed by atoms with Crippen LogP contribution in [0, 0.1) is 0 Å². The number of amides is 3. The van der Waals surface area contributed by atoms with E-state index in [1.165, 1.54) is 12.1 Å². The fourth-order valence-corrected chi connectivity index (χ4v) is 3.88. The molecule has 0 aliphatic heterocycles. The summed E-state index contributed by atoms with van der Waals surface area (Å²) in [6, 6.07) is 14.2. The first kappa shape index (κ1) is 31.1. The zero-order valence-electron chi connectivity index (χ0n) is 22.0. The van der Waals surface area contributed by atoms with Gasteiger partial charge >= 0.3 is 0 Å². The van der Waals surface area contributed by atoms with Gasteiger partial charge < -0.3 is 44.0 Å². The van der Waals surface area contributed by atoms with E-state index in [-0.39, 0.29) is 49.1 Å². The molecule has 12 nitrogen and oxygen atoms in total. The predicted octanol–water partition coefficient (Wildman–Crippen LogP) is -1.01. The van der Waals surface area contributed by atoms with Crippen molar-refractivity contribution in [3.63, 3.8) is 0 Å². The maximum Gasteiger partial charge on any atom is 0.237 e. The molecular formula is C27H40N8O4. The van der Waals surface area contributed by atoms with Gasteiger partial charge in [0.05, 0.1) is 12.1 Å². The molecule has 0 saturated carbocycles. The molecule has 2 aromatic rings. The first-order chi connectivity index (χ1) is 18.6. The summed E-state index contributed by atoms with van der Waals surface area (Å²) < 4.78 is 0. The number of guanidine groups is 1. The highest BCUT2D eigenvalue weighted by Crippen LogP contribution is 2.11. The highest BCUT2D eigenvalue weighted by Gasteiger charge is 2.23. The molecule has 3 atom stereocenters. The quantitative estimate of drug-likeness (QED) is 0.0703. The molecule has 12 heteroatoms. The summed E-state index contributed by atoms with van der Waals surface area (Å²) in [5, 5.41) is 18.4. The molecular weight excluding hydrogens is 500 g/mol. The van der Waals surface area contributed by atoms with Gasteiger partial charge in [-0.05, 0) is 48.9 Å². The van der Waals surface area contributed by atoms with E-state index >= 15 is 0 Å². The van der Waals surface area contributed by atoms with E-state index < -0.39 is 18.0 Å². The summed E-state index contributed by atoms with van der Waals surface area (Å²) in [4.78, 5) is 40.9. The smallest absolute Gasteiger partial charge is 0.237 e. The minimum absolute atomic E-state index is 0.0137. The molecule has 0 spiro atoms. The van der Waals surface area contributed by atoms with E-state index in [1.54, 1.807) is 12.1 Å². The number of nitrogens with zero attached hydrogens (tertiary/aromatic N) is 1. The number of nitrogens with one attached hydrogen (secondary N) is 3. The first-order valence-electron chi connectivity index (χ1n) is 12.9. The van der Waals surface area contributed by atoms with Crippen LogP contribution in [-0.4, -0.2) is 66.5 Å². The maximum atomic E-state index is 12.9. The molecule has 0 aliphatic carbocycles. The molecule has 0 heterocycles. The standard InChI is InChI=1S/C27H40N8O4/c28-22(15-19-8-10-21(36)11-9-19)25(38)35-20(7-4-13-33-27(30)31)17-34-23(16-18-5-2-1-3-6-18)26(39)32-14-12-24(29)37/h1-3,5-6,8-11,20,22-23,34,36H,4,7,12-17,28H2,(H2,29,37)(H,32,39)(H,35,38)(H4,30,31,33)/t20-,22+,23+/m1/s1. The van der Waals surface area contributed by atoms with E-state index in [1.807, 2.05) is 30.3 Å². The number of hydrogen-bond donors (Lipinski definition) is 8. The molecule has 0 aromatic heterocycles. The second-order valence-electron chi connectivity index (χ2n) is 9.29. The first-order valence-corrected chi connectivity index (χ1v) is 12.9. The van der Waals surface area contributed by atoms with Crippen LogP contribution in [0.2, 0.25) is 0 Å². The van der Waals surface area contributed by atoms with Crippen LogP contribution < -0.4 is 38.9 Å². The molecule has 0 saturated heterocycles. The molecule has 2 aromatic carbocycles. The average molecular weight is 541 g/mol. The Bertz CT molecular complexity index is 1070. The third-order valence-electron chi connectivity index (χ3n) is 5.96. The molecule has 0 fully saturated rings. The van der Waals surface area contributed by atoms with Crippen LogP contribution in [0.3, 0.4) is 0 Å². The number of phenolic OH excluding ortho intramolecular Hbond substituents is 1. The number of nitrogens with two attached hydrogens (primary N) is 4. The van der Waals surface area contributed by atoms with E-state index in [0.29, 0.717) is 32.2 Å². The Balaban J connectivity index is 2.07. The number of hydrogen-bond acceptors (Lipinski definition) is 7. The Hall–Kier alpha value is -4.16. The van der Waals surface area contributed by atoms with Crippen LogP contribution in [0.1, 0.15) is 30.4 Å². The molecule has 0 radical (unpaired) electrons. The molecule has 0 unspecified atom stereocenters. The lowest BCUT2D eigenvalue weighted by molar-refractivity contribution is -0.123. The Morgan fingerprint density at radius 1 is 0.897 bits per heavy atom. The fraction of sp³-hybridized carbons (Fsp3) is 0.407. The SMILES string of the molecule is NC(=O)CCNC(=O)[C@H](Cc1ccccc1)NC[C@@H](CCCN=C(N)N)NC(=O)[C@@H](N)Cc1ccc(O)cc1. The summed E-state index contributed by atoms with van der Waals surface area (Å²) in [5.41, 5.74) is 23.9. The summed E-state index contributed by atoms with van der Waals surface area (Å²) >= 11 is 0. The number of benzene rings is 2. The number of primary amides is 1.